The minimum atomic E-state index is -1.85. The van der Waals surface area contributed by atoms with Crippen LogP contribution in [0.4, 0.5) is 0 Å². The predicted octanol–water partition coefficient (Wildman–Crippen LogP) is 1.62. The van der Waals surface area contributed by atoms with Crippen LogP contribution in [0.15, 0.2) is 24.3 Å². The molecule has 0 saturated carbocycles. The summed E-state index contributed by atoms with van der Waals surface area (Å²) in [6.45, 7) is 3.33. The van der Waals surface area contributed by atoms with Gasteiger partial charge in [0.1, 0.15) is 5.75 Å². The molecule has 0 saturated heterocycles. The maximum Gasteiger partial charge on any atom is 0.340 e. The van der Waals surface area contributed by atoms with Crippen molar-refractivity contribution in [2.75, 3.05) is 7.11 Å². The predicted molar refractivity (Wildman–Crippen MR) is 59.4 cm³/mol. The number of ether oxygens (including phenoxy) is 1. The summed E-state index contributed by atoms with van der Waals surface area (Å²) in [6.07, 6.45) is 0. The summed E-state index contributed by atoms with van der Waals surface area (Å²) in [5.41, 5.74) is -1.50. The van der Waals surface area contributed by atoms with Crippen LogP contribution in [-0.4, -0.2) is 23.3 Å². The van der Waals surface area contributed by atoms with Gasteiger partial charge in [-0.1, -0.05) is 26.0 Å². The maximum absolute atomic E-state index is 11.1. The van der Waals surface area contributed by atoms with Crippen LogP contribution in [0.25, 0.3) is 0 Å². The first-order valence-electron chi connectivity index (χ1n) is 5.03. The summed E-state index contributed by atoms with van der Waals surface area (Å²) in [5, 5.41) is 19.3. The number of carboxylic acids is 1. The average molecular weight is 224 g/mol. The Morgan fingerprint density at radius 1 is 1.31 bits per heavy atom. The zero-order valence-electron chi connectivity index (χ0n) is 9.60. The minimum absolute atomic E-state index is 0.357. The highest BCUT2D eigenvalue weighted by Crippen LogP contribution is 2.30. The molecule has 88 valence electrons. The molecule has 16 heavy (non-hydrogen) atoms. The van der Waals surface area contributed by atoms with Gasteiger partial charge in [-0.2, -0.15) is 0 Å². The summed E-state index contributed by atoms with van der Waals surface area (Å²) >= 11 is 0. The molecule has 0 aliphatic rings. The van der Waals surface area contributed by atoms with Crippen molar-refractivity contribution in [3.63, 3.8) is 0 Å². The fourth-order valence-corrected chi connectivity index (χ4v) is 1.55. The first-order chi connectivity index (χ1) is 7.42. The zero-order valence-corrected chi connectivity index (χ0v) is 9.60. The van der Waals surface area contributed by atoms with E-state index in [1.54, 1.807) is 38.1 Å². The number of carboxylic acid groups (broad SMARTS) is 1. The molecule has 1 aromatic carbocycles. The van der Waals surface area contributed by atoms with Gasteiger partial charge in [-0.3, -0.25) is 0 Å². The molecule has 1 rings (SSSR count). The van der Waals surface area contributed by atoms with Crippen molar-refractivity contribution in [1.82, 2.24) is 0 Å². The van der Waals surface area contributed by atoms with Gasteiger partial charge in [0.2, 0.25) is 0 Å². The van der Waals surface area contributed by atoms with E-state index in [1.165, 1.54) is 7.11 Å². The number of aliphatic carboxylic acids is 1. The lowest BCUT2D eigenvalue weighted by Gasteiger charge is -2.28. The normalized spacial score (nSPS) is 14.6. The number of rotatable bonds is 4. The van der Waals surface area contributed by atoms with Crippen LogP contribution in [0.5, 0.6) is 5.75 Å². The molecule has 0 fully saturated rings. The van der Waals surface area contributed by atoms with E-state index in [1.807, 2.05) is 0 Å². The van der Waals surface area contributed by atoms with Crippen LogP contribution in [0.3, 0.4) is 0 Å². The number of carbonyl (C=O) groups is 1. The molecular formula is C12H16O4. The second-order valence-electron chi connectivity index (χ2n) is 3.95. The van der Waals surface area contributed by atoms with E-state index in [0.29, 0.717) is 11.3 Å². The molecule has 0 heterocycles. The van der Waals surface area contributed by atoms with Crippen LogP contribution < -0.4 is 4.74 Å². The Bertz CT molecular complexity index is 369. The number of hydrogen-bond donors (Lipinski definition) is 2. The van der Waals surface area contributed by atoms with E-state index in [-0.39, 0.29) is 0 Å². The van der Waals surface area contributed by atoms with E-state index < -0.39 is 17.5 Å². The van der Waals surface area contributed by atoms with Gasteiger partial charge < -0.3 is 14.9 Å². The number of methoxy groups -OCH3 is 1. The van der Waals surface area contributed by atoms with Crippen molar-refractivity contribution in [1.29, 1.82) is 0 Å². The van der Waals surface area contributed by atoms with E-state index in [4.69, 9.17) is 9.84 Å². The third kappa shape index (κ3) is 2.02. The molecule has 1 unspecified atom stereocenters. The first kappa shape index (κ1) is 12.5. The number of aliphatic hydroxyl groups is 1. The lowest BCUT2D eigenvalue weighted by molar-refractivity contribution is -0.165. The van der Waals surface area contributed by atoms with E-state index in [0.717, 1.165) is 0 Å². The fourth-order valence-electron chi connectivity index (χ4n) is 1.55. The second kappa shape index (κ2) is 4.53. The summed E-state index contributed by atoms with van der Waals surface area (Å²) in [6, 6.07) is 6.39. The molecule has 0 aliphatic heterocycles. The van der Waals surface area contributed by atoms with Gasteiger partial charge in [-0.25, -0.2) is 4.79 Å². The van der Waals surface area contributed by atoms with Crippen molar-refractivity contribution in [3.8, 4) is 5.75 Å². The lowest BCUT2D eigenvalue weighted by Crippen LogP contribution is -2.40. The van der Waals surface area contributed by atoms with Gasteiger partial charge in [0, 0.05) is 0 Å². The van der Waals surface area contributed by atoms with E-state index in [2.05, 4.69) is 0 Å². The van der Waals surface area contributed by atoms with Crippen LogP contribution >= 0.6 is 0 Å². The Hall–Kier alpha value is -1.55. The molecule has 0 aromatic heterocycles. The van der Waals surface area contributed by atoms with Crippen molar-refractivity contribution >= 4 is 5.97 Å². The standard InChI is InChI=1S/C12H16O4/c1-8(2)12(15,11(13)14)9-4-6-10(16-3)7-5-9/h4-8,15H,1-3H3,(H,13,14). The summed E-state index contributed by atoms with van der Waals surface area (Å²) in [7, 11) is 1.53. The Kier molecular flexibility index (Phi) is 3.55. The second-order valence-corrected chi connectivity index (χ2v) is 3.95. The molecular weight excluding hydrogens is 208 g/mol. The fraction of sp³-hybridized carbons (Fsp3) is 0.417. The molecule has 1 atom stereocenters. The molecule has 0 radical (unpaired) electrons. The highest BCUT2D eigenvalue weighted by Gasteiger charge is 2.41. The monoisotopic (exact) mass is 224 g/mol. The largest absolute Gasteiger partial charge is 0.497 e. The van der Waals surface area contributed by atoms with Crippen molar-refractivity contribution < 1.29 is 19.7 Å². The Morgan fingerprint density at radius 3 is 2.12 bits per heavy atom. The lowest BCUT2D eigenvalue weighted by atomic mass is 9.83. The summed E-state index contributed by atoms with van der Waals surface area (Å²) in [4.78, 5) is 11.1. The highest BCUT2D eigenvalue weighted by atomic mass is 16.5. The molecule has 0 amide bonds. The van der Waals surface area contributed by atoms with Gasteiger partial charge in [0.05, 0.1) is 7.11 Å². The van der Waals surface area contributed by atoms with Crippen molar-refractivity contribution in [2.24, 2.45) is 5.92 Å². The Morgan fingerprint density at radius 2 is 1.81 bits per heavy atom. The van der Waals surface area contributed by atoms with Crippen molar-refractivity contribution in [3.05, 3.63) is 29.8 Å². The zero-order chi connectivity index (χ0) is 12.3. The topological polar surface area (TPSA) is 66.8 Å². The Labute approximate surface area is 94.5 Å². The average Bonchev–Trinajstić information content (AvgIpc) is 2.27. The van der Waals surface area contributed by atoms with Gasteiger partial charge in [-0.05, 0) is 23.6 Å². The van der Waals surface area contributed by atoms with Crippen LogP contribution in [0.2, 0.25) is 0 Å². The molecule has 4 heteroatoms. The van der Waals surface area contributed by atoms with Gasteiger partial charge in [0.25, 0.3) is 0 Å². The first-order valence-corrected chi connectivity index (χ1v) is 5.03. The number of benzene rings is 1. The summed E-state index contributed by atoms with van der Waals surface area (Å²) < 4.78 is 4.97. The minimum Gasteiger partial charge on any atom is -0.497 e. The molecule has 0 spiro atoms. The third-order valence-corrected chi connectivity index (χ3v) is 2.69. The Balaban J connectivity index is 3.17. The quantitative estimate of drug-likeness (QED) is 0.815. The van der Waals surface area contributed by atoms with Crippen LogP contribution in [-0.2, 0) is 10.4 Å². The molecule has 4 nitrogen and oxygen atoms in total. The van der Waals surface area contributed by atoms with Crippen LogP contribution in [0.1, 0.15) is 19.4 Å². The van der Waals surface area contributed by atoms with Crippen LogP contribution in [0, 0.1) is 5.92 Å². The molecule has 0 bridgehead atoms. The van der Waals surface area contributed by atoms with Crippen molar-refractivity contribution in [2.45, 2.75) is 19.4 Å². The van der Waals surface area contributed by atoms with E-state index in [9.17, 15) is 9.90 Å². The van der Waals surface area contributed by atoms with Gasteiger partial charge >= 0.3 is 5.97 Å². The third-order valence-electron chi connectivity index (χ3n) is 2.69. The summed E-state index contributed by atoms with van der Waals surface area (Å²) in [5.74, 6) is -1.04. The highest BCUT2D eigenvalue weighted by molar-refractivity contribution is 5.79. The SMILES string of the molecule is COc1ccc(C(O)(C(=O)O)C(C)C)cc1. The smallest absolute Gasteiger partial charge is 0.340 e. The van der Waals surface area contributed by atoms with Gasteiger partial charge in [0.15, 0.2) is 5.60 Å². The maximum atomic E-state index is 11.1. The number of hydrogen-bond acceptors (Lipinski definition) is 3. The van der Waals surface area contributed by atoms with Gasteiger partial charge in [-0.15, -0.1) is 0 Å². The molecule has 2 N–H and O–H groups in total. The molecule has 1 aromatic rings. The van der Waals surface area contributed by atoms with E-state index >= 15 is 0 Å². The molecule has 0 aliphatic carbocycles.